The van der Waals surface area contributed by atoms with E-state index in [0.717, 1.165) is 19.3 Å². The Morgan fingerprint density at radius 1 is 1.21 bits per heavy atom. The van der Waals surface area contributed by atoms with Crippen LogP contribution >= 0.6 is 0 Å². The van der Waals surface area contributed by atoms with Crippen molar-refractivity contribution in [3.8, 4) is 0 Å². The maximum absolute atomic E-state index is 11.1. The third-order valence-electron chi connectivity index (χ3n) is 4.65. The zero-order valence-corrected chi connectivity index (χ0v) is 10.7. The van der Waals surface area contributed by atoms with Crippen LogP contribution in [0.5, 0.6) is 0 Å². The Hall–Kier alpha value is -1.77. The summed E-state index contributed by atoms with van der Waals surface area (Å²) < 4.78 is 0. The number of primary amides is 1. The lowest BCUT2D eigenvalue weighted by Gasteiger charge is -2.38. The maximum Gasteiger partial charge on any atom is 0.234 e. The van der Waals surface area contributed by atoms with Gasteiger partial charge in [0, 0.05) is 11.8 Å². The van der Waals surface area contributed by atoms with E-state index in [1.807, 2.05) is 0 Å². The number of aliphatic imine (C=N–C) groups is 2. The molecule has 3 atom stereocenters. The Labute approximate surface area is 111 Å². The van der Waals surface area contributed by atoms with Crippen molar-refractivity contribution in [1.29, 1.82) is 0 Å². The molecule has 2 fully saturated rings. The Morgan fingerprint density at radius 2 is 1.84 bits per heavy atom. The van der Waals surface area contributed by atoms with Crippen LogP contribution < -0.4 is 5.73 Å². The van der Waals surface area contributed by atoms with Gasteiger partial charge in [-0.25, -0.2) is 19.6 Å². The molecule has 0 aromatic carbocycles. The highest BCUT2D eigenvalue weighted by molar-refractivity contribution is 5.74. The van der Waals surface area contributed by atoms with Gasteiger partial charge in [0.25, 0.3) is 0 Å². The van der Waals surface area contributed by atoms with Crippen LogP contribution in [0.4, 0.5) is 0 Å². The number of hydrogen-bond acceptors (Lipinski definition) is 5. The summed E-state index contributed by atoms with van der Waals surface area (Å²) >= 11 is 0. The van der Waals surface area contributed by atoms with Gasteiger partial charge in [-0.05, 0) is 37.0 Å². The van der Waals surface area contributed by atoms with Gasteiger partial charge in [-0.15, -0.1) is 0 Å². The summed E-state index contributed by atoms with van der Waals surface area (Å²) in [6.07, 6.45) is 6.35. The van der Waals surface area contributed by atoms with Gasteiger partial charge in [0.1, 0.15) is 0 Å². The highest BCUT2D eigenvalue weighted by atomic mass is 16.1. The standard InChI is InChI=1S/C13H17N3O3/c14-12(19)3-10-1-9-2-11(10)13(4-9,5-15-7-17)6-16-8-18/h9-11H,1-6H2,(H2,14,19). The summed E-state index contributed by atoms with van der Waals surface area (Å²) in [6.45, 7) is 0.635. The van der Waals surface area contributed by atoms with E-state index in [0.29, 0.717) is 25.4 Å². The summed E-state index contributed by atoms with van der Waals surface area (Å²) in [6, 6.07) is 0. The highest BCUT2D eigenvalue weighted by Crippen LogP contribution is 2.59. The van der Waals surface area contributed by atoms with E-state index in [2.05, 4.69) is 9.98 Å². The SMILES string of the molecule is NC(=O)CC1CC2CC1C(CN=C=O)(CN=C=O)C2. The van der Waals surface area contributed by atoms with Crippen molar-refractivity contribution in [1.82, 2.24) is 0 Å². The molecule has 3 unspecified atom stereocenters. The van der Waals surface area contributed by atoms with Crippen LogP contribution in [-0.4, -0.2) is 31.2 Å². The van der Waals surface area contributed by atoms with Crippen molar-refractivity contribution < 1.29 is 14.4 Å². The summed E-state index contributed by atoms with van der Waals surface area (Å²) in [5, 5.41) is 0. The lowest BCUT2D eigenvalue weighted by molar-refractivity contribution is -0.119. The largest absolute Gasteiger partial charge is 0.370 e. The number of rotatable bonds is 6. The summed E-state index contributed by atoms with van der Waals surface area (Å²) in [4.78, 5) is 39.3. The fourth-order valence-electron chi connectivity index (χ4n) is 4.16. The quantitative estimate of drug-likeness (QED) is 0.559. The van der Waals surface area contributed by atoms with Gasteiger partial charge in [-0.1, -0.05) is 0 Å². The van der Waals surface area contributed by atoms with Crippen molar-refractivity contribution in [3.05, 3.63) is 0 Å². The fourth-order valence-corrected chi connectivity index (χ4v) is 4.16. The Bertz CT molecular complexity index is 444. The van der Waals surface area contributed by atoms with Crippen molar-refractivity contribution >= 4 is 18.1 Å². The second kappa shape index (κ2) is 5.47. The van der Waals surface area contributed by atoms with E-state index in [9.17, 15) is 14.4 Å². The van der Waals surface area contributed by atoms with Gasteiger partial charge in [0.05, 0.1) is 13.1 Å². The number of nitrogens with two attached hydrogens (primary N) is 1. The molecule has 19 heavy (non-hydrogen) atoms. The van der Waals surface area contributed by atoms with Crippen LogP contribution in [0.3, 0.4) is 0 Å². The number of carbonyl (C=O) groups is 1. The van der Waals surface area contributed by atoms with Gasteiger partial charge in [0.2, 0.25) is 18.1 Å². The predicted molar refractivity (Wildman–Crippen MR) is 66.5 cm³/mol. The number of amides is 1. The molecule has 1 amide bonds. The molecule has 102 valence electrons. The van der Waals surface area contributed by atoms with Gasteiger partial charge in [-0.2, -0.15) is 0 Å². The van der Waals surface area contributed by atoms with E-state index in [1.54, 1.807) is 12.2 Å². The molecule has 0 heterocycles. The second-order valence-corrected chi connectivity index (χ2v) is 5.76. The molecule has 2 saturated carbocycles. The van der Waals surface area contributed by atoms with E-state index >= 15 is 0 Å². The first kappa shape index (κ1) is 13.7. The molecule has 2 aliphatic rings. The average Bonchev–Trinajstić information content (AvgIpc) is 2.91. The van der Waals surface area contributed by atoms with Gasteiger partial charge >= 0.3 is 0 Å². The van der Waals surface area contributed by atoms with Gasteiger partial charge in [0.15, 0.2) is 0 Å². The van der Waals surface area contributed by atoms with Crippen LogP contribution in [-0.2, 0) is 14.4 Å². The van der Waals surface area contributed by atoms with Crippen LogP contribution in [0.1, 0.15) is 25.7 Å². The second-order valence-electron chi connectivity index (χ2n) is 5.76. The zero-order valence-electron chi connectivity index (χ0n) is 10.7. The summed E-state index contributed by atoms with van der Waals surface area (Å²) in [5.41, 5.74) is 4.99. The normalized spacial score (nSPS) is 35.5. The minimum Gasteiger partial charge on any atom is -0.370 e. The number of isocyanates is 2. The summed E-state index contributed by atoms with van der Waals surface area (Å²) in [7, 11) is 0. The smallest absolute Gasteiger partial charge is 0.234 e. The first-order valence-corrected chi connectivity index (χ1v) is 6.47. The van der Waals surface area contributed by atoms with Crippen LogP contribution in [0.2, 0.25) is 0 Å². The molecular weight excluding hydrogens is 246 g/mol. The van der Waals surface area contributed by atoms with E-state index in [4.69, 9.17) is 5.73 Å². The lowest BCUT2D eigenvalue weighted by atomic mass is 9.67. The molecule has 0 aliphatic heterocycles. The molecule has 0 spiro atoms. The molecule has 0 radical (unpaired) electrons. The lowest BCUT2D eigenvalue weighted by Crippen LogP contribution is -2.39. The third kappa shape index (κ3) is 2.65. The van der Waals surface area contributed by atoms with Crippen molar-refractivity contribution in [2.45, 2.75) is 25.7 Å². The molecule has 2 aliphatic carbocycles. The Balaban J connectivity index is 2.20. The van der Waals surface area contributed by atoms with Crippen molar-refractivity contribution in [3.63, 3.8) is 0 Å². The minimum absolute atomic E-state index is 0.222. The monoisotopic (exact) mass is 263 g/mol. The molecular formula is C13H17N3O3. The number of nitrogens with zero attached hydrogens (tertiary/aromatic N) is 2. The van der Waals surface area contributed by atoms with Crippen LogP contribution in [0.15, 0.2) is 9.98 Å². The van der Waals surface area contributed by atoms with Gasteiger partial charge < -0.3 is 5.73 Å². The van der Waals surface area contributed by atoms with E-state index in [1.165, 1.54) is 0 Å². The molecule has 6 nitrogen and oxygen atoms in total. The topological polar surface area (TPSA) is 102 Å². The number of hydrogen-bond donors (Lipinski definition) is 1. The third-order valence-corrected chi connectivity index (χ3v) is 4.65. The maximum atomic E-state index is 11.1. The average molecular weight is 263 g/mol. The Kier molecular flexibility index (Phi) is 3.93. The summed E-state index contributed by atoms with van der Waals surface area (Å²) in [5.74, 6) is 0.682. The van der Waals surface area contributed by atoms with Crippen molar-refractivity contribution in [2.24, 2.45) is 38.9 Å². The Morgan fingerprint density at radius 3 is 2.32 bits per heavy atom. The van der Waals surface area contributed by atoms with Gasteiger partial charge in [-0.3, -0.25) is 4.79 Å². The van der Waals surface area contributed by atoms with E-state index < -0.39 is 0 Å². The van der Waals surface area contributed by atoms with Crippen LogP contribution in [0.25, 0.3) is 0 Å². The fraction of sp³-hybridized carbons (Fsp3) is 0.769. The molecule has 0 aromatic rings. The first-order chi connectivity index (χ1) is 9.11. The number of fused-ring (bicyclic) bond motifs is 2. The van der Waals surface area contributed by atoms with E-state index in [-0.39, 0.29) is 23.2 Å². The molecule has 2 rings (SSSR count). The first-order valence-electron chi connectivity index (χ1n) is 6.47. The molecule has 2 N–H and O–H groups in total. The number of carbonyl (C=O) groups excluding carboxylic acids is 3. The van der Waals surface area contributed by atoms with Crippen LogP contribution in [0, 0.1) is 23.2 Å². The molecule has 2 bridgehead atoms. The minimum atomic E-state index is -0.302. The zero-order chi connectivity index (χ0) is 13.9. The van der Waals surface area contributed by atoms with Crippen molar-refractivity contribution in [2.75, 3.05) is 13.1 Å². The molecule has 6 heteroatoms. The molecule has 0 saturated heterocycles. The highest BCUT2D eigenvalue weighted by Gasteiger charge is 2.55. The molecule has 0 aromatic heterocycles. The predicted octanol–water partition coefficient (Wildman–Crippen LogP) is 0.566.